The zero-order valence-electron chi connectivity index (χ0n) is 12.2. The van der Waals surface area contributed by atoms with Gasteiger partial charge in [-0.2, -0.15) is 0 Å². The average Bonchev–Trinajstić information content (AvgIpc) is 2.77. The van der Waals surface area contributed by atoms with Crippen LogP contribution < -0.4 is 0 Å². The van der Waals surface area contributed by atoms with E-state index in [0.29, 0.717) is 30.8 Å². The summed E-state index contributed by atoms with van der Waals surface area (Å²) in [6.45, 7) is 8.01. The van der Waals surface area contributed by atoms with Gasteiger partial charge in [-0.25, -0.2) is 0 Å². The van der Waals surface area contributed by atoms with Crippen molar-refractivity contribution in [1.29, 1.82) is 0 Å². The molecule has 0 spiro atoms. The lowest BCUT2D eigenvalue weighted by Gasteiger charge is -2.22. The molecule has 0 aromatic rings. The van der Waals surface area contributed by atoms with Gasteiger partial charge in [-0.15, -0.1) is 0 Å². The Hall–Kier alpha value is -0.670. The molecule has 2 atom stereocenters. The Kier molecular flexibility index (Phi) is 3.10. The lowest BCUT2D eigenvalue weighted by Crippen LogP contribution is -2.25. The smallest absolute Gasteiger partial charge is 0.165 e. The maximum absolute atomic E-state index is 11.9. The molecule has 3 nitrogen and oxygen atoms in total. The summed E-state index contributed by atoms with van der Waals surface area (Å²) >= 11 is 0. The van der Waals surface area contributed by atoms with Crippen LogP contribution in [-0.2, 0) is 14.3 Å². The maximum atomic E-state index is 11.9. The largest absolute Gasteiger partial charge is 0.348 e. The molecule has 3 rings (SSSR count). The number of hydrogen-bond donors (Lipinski definition) is 0. The number of allylic oxidation sites excluding steroid dienone is 2. The first-order valence-electron chi connectivity index (χ1n) is 7.45. The normalized spacial score (nSPS) is 35.5. The number of ether oxygens (including phenoxy) is 2. The summed E-state index contributed by atoms with van der Waals surface area (Å²) in [5, 5.41) is 0. The summed E-state index contributed by atoms with van der Waals surface area (Å²) in [6.07, 6.45) is 5.84. The van der Waals surface area contributed by atoms with Gasteiger partial charge in [0.2, 0.25) is 0 Å². The van der Waals surface area contributed by atoms with Gasteiger partial charge in [0, 0.05) is 12.8 Å². The molecule has 2 aliphatic carbocycles. The van der Waals surface area contributed by atoms with Crippen molar-refractivity contribution in [3.63, 3.8) is 0 Å². The highest BCUT2D eigenvalue weighted by molar-refractivity contribution is 5.98. The third-order valence-corrected chi connectivity index (χ3v) is 5.25. The Balaban J connectivity index is 1.61. The van der Waals surface area contributed by atoms with Crippen LogP contribution in [0.5, 0.6) is 0 Å². The number of ketones is 1. The predicted molar refractivity (Wildman–Crippen MR) is 72.6 cm³/mol. The van der Waals surface area contributed by atoms with Gasteiger partial charge in [-0.05, 0) is 42.6 Å². The summed E-state index contributed by atoms with van der Waals surface area (Å²) in [5.74, 6) is 1.05. The minimum atomic E-state index is -0.392. The quantitative estimate of drug-likeness (QED) is 0.782. The van der Waals surface area contributed by atoms with Crippen LogP contribution in [0.1, 0.15) is 46.5 Å². The van der Waals surface area contributed by atoms with E-state index in [-0.39, 0.29) is 5.41 Å². The third kappa shape index (κ3) is 2.27. The molecule has 19 heavy (non-hydrogen) atoms. The van der Waals surface area contributed by atoms with Crippen molar-refractivity contribution in [2.45, 2.75) is 52.2 Å². The first-order chi connectivity index (χ1) is 8.94. The zero-order chi connectivity index (χ0) is 13.7. The molecule has 3 heteroatoms. The van der Waals surface area contributed by atoms with Crippen LogP contribution in [0.3, 0.4) is 0 Å². The van der Waals surface area contributed by atoms with Crippen LogP contribution in [0.2, 0.25) is 0 Å². The standard InChI is InChI=1S/C16H24O3/c1-15(2)12(7-8-16(3)18-9-10-19-16)14(15)11-5-4-6-13(11)17/h5,12,14H,4,6-10H2,1-3H3. The minimum Gasteiger partial charge on any atom is -0.348 e. The Morgan fingerprint density at radius 2 is 1.95 bits per heavy atom. The van der Waals surface area contributed by atoms with E-state index in [1.807, 2.05) is 6.92 Å². The van der Waals surface area contributed by atoms with Crippen molar-refractivity contribution in [1.82, 2.24) is 0 Å². The van der Waals surface area contributed by atoms with Crippen molar-refractivity contribution >= 4 is 5.78 Å². The van der Waals surface area contributed by atoms with Gasteiger partial charge in [0.15, 0.2) is 11.6 Å². The van der Waals surface area contributed by atoms with E-state index in [1.54, 1.807) is 0 Å². The van der Waals surface area contributed by atoms with Gasteiger partial charge in [-0.1, -0.05) is 19.9 Å². The van der Waals surface area contributed by atoms with E-state index in [9.17, 15) is 4.79 Å². The lowest BCUT2D eigenvalue weighted by molar-refractivity contribution is -0.148. The highest BCUT2D eigenvalue weighted by atomic mass is 16.7. The number of carbonyl (C=O) groups is 1. The molecule has 2 unspecified atom stereocenters. The van der Waals surface area contributed by atoms with Crippen LogP contribution >= 0.6 is 0 Å². The summed E-state index contributed by atoms with van der Waals surface area (Å²) < 4.78 is 11.3. The van der Waals surface area contributed by atoms with E-state index in [0.717, 1.165) is 31.3 Å². The Labute approximate surface area is 115 Å². The Morgan fingerprint density at radius 1 is 1.26 bits per heavy atom. The van der Waals surface area contributed by atoms with Crippen molar-refractivity contribution in [2.75, 3.05) is 13.2 Å². The number of carbonyl (C=O) groups excluding carboxylic acids is 1. The molecule has 3 aliphatic rings. The van der Waals surface area contributed by atoms with Crippen LogP contribution in [0.25, 0.3) is 0 Å². The molecule has 2 fully saturated rings. The Bertz CT molecular complexity index is 416. The first-order valence-corrected chi connectivity index (χ1v) is 7.45. The number of Topliss-reactive ketones (excluding diaryl/α,β-unsaturated/α-hetero) is 1. The van der Waals surface area contributed by atoms with Crippen LogP contribution in [0.4, 0.5) is 0 Å². The van der Waals surface area contributed by atoms with Crippen LogP contribution in [-0.4, -0.2) is 24.8 Å². The predicted octanol–water partition coefficient (Wildman–Crippen LogP) is 3.09. The fourth-order valence-electron chi connectivity index (χ4n) is 3.94. The van der Waals surface area contributed by atoms with E-state index in [2.05, 4.69) is 19.9 Å². The molecule has 0 amide bonds. The molecule has 1 heterocycles. The molecule has 1 saturated heterocycles. The molecular weight excluding hydrogens is 240 g/mol. The lowest BCUT2D eigenvalue weighted by atomic mass is 10.0. The van der Waals surface area contributed by atoms with Crippen molar-refractivity contribution < 1.29 is 14.3 Å². The van der Waals surface area contributed by atoms with Crippen molar-refractivity contribution in [2.24, 2.45) is 17.3 Å². The van der Waals surface area contributed by atoms with E-state index in [1.165, 1.54) is 0 Å². The van der Waals surface area contributed by atoms with Crippen molar-refractivity contribution in [3.8, 4) is 0 Å². The van der Waals surface area contributed by atoms with Gasteiger partial charge in [-0.3, -0.25) is 4.79 Å². The van der Waals surface area contributed by atoms with Crippen LogP contribution in [0, 0.1) is 17.3 Å². The third-order valence-electron chi connectivity index (χ3n) is 5.25. The maximum Gasteiger partial charge on any atom is 0.165 e. The fraction of sp³-hybridized carbons (Fsp3) is 0.812. The highest BCUT2D eigenvalue weighted by Gasteiger charge is 2.60. The second-order valence-electron chi connectivity index (χ2n) is 6.90. The summed E-state index contributed by atoms with van der Waals surface area (Å²) in [6, 6.07) is 0. The van der Waals surface area contributed by atoms with Gasteiger partial charge in [0.1, 0.15) is 0 Å². The van der Waals surface area contributed by atoms with Crippen molar-refractivity contribution in [3.05, 3.63) is 11.6 Å². The topological polar surface area (TPSA) is 35.5 Å². The molecule has 0 aromatic heterocycles. The molecule has 106 valence electrons. The second-order valence-corrected chi connectivity index (χ2v) is 6.90. The molecule has 1 saturated carbocycles. The summed E-state index contributed by atoms with van der Waals surface area (Å²) in [7, 11) is 0. The first kappa shape index (κ1) is 13.3. The Morgan fingerprint density at radius 3 is 2.53 bits per heavy atom. The zero-order valence-corrected chi connectivity index (χ0v) is 12.2. The molecular formula is C16H24O3. The van der Waals surface area contributed by atoms with Gasteiger partial charge in [0.25, 0.3) is 0 Å². The SMILES string of the molecule is CC1(CCC2C(C3=CCCC3=O)C2(C)C)OCCO1. The summed E-state index contributed by atoms with van der Waals surface area (Å²) in [5.41, 5.74) is 1.37. The molecule has 1 aliphatic heterocycles. The number of hydrogen-bond acceptors (Lipinski definition) is 3. The fourth-order valence-corrected chi connectivity index (χ4v) is 3.94. The van der Waals surface area contributed by atoms with E-state index >= 15 is 0 Å². The summed E-state index contributed by atoms with van der Waals surface area (Å²) in [4.78, 5) is 11.9. The van der Waals surface area contributed by atoms with Gasteiger partial charge >= 0.3 is 0 Å². The molecule has 0 radical (unpaired) electrons. The van der Waals surface area contributed by atoms with E-state index in [4.69, 9.17) is 9.47 Å². The second kappa shape index (κ2) is 4.42. The number of rotatable bonds is 4. The average molecular weight is 264 g/mol. The molecule has 0 N–H and O–H groups in total. The van der Waals surface area contributed by atoms with E-state index < -0.39 is 5.79 Å². The minimum absolute atomic E-state index is 0.265. The molecule has 0 aromatic carbocycles. The molecule has 0 bridgehead atoms. The van der Waals surface area contributed by atoms with Gasteiger partial charge < -0.3 is 9.47 Å². The van der Waals surface area contributed by atoms with Crippen LogP contribution in [0.15, 0.2) is 11.6 Å². The monoisotopic (exact) mass is 264 g/mol. The van der Waals surface area contributed by atoms with Gasteiger partial charge in [0.05, 0.1) is 13.2 Å². The highest BCUT2D eigenvalue weighted by Crippen LogP contribution is 2.64.